The van der Waals surface area contributed by atoms with Gasteiger partial charge in [-0.05, 0) is 25.6 Å². The number of nitrogens with one attached hydrogen (secondary N) is 1. The zero-order valence-corrected chi connectivity index (χ0v) is 7.95. The van der Waals surface area contributed by atoms with Crippen molar-refractivity contribution in [2.75, 3.05) is 7.05 Å². The monoisotopic (exact) mass is 198 g/mol. The summed E-state index contributed by atoms with van der Waals surface area (Å²) in [7, 11) is 1.74. The Kier molecular flexibility index (Phi) is 3.14. The Bertz CT molecular complexity index is 355. The zero-order valence-electron chi connectivity index (χ0n) is 7.95. The van der Waals surface area contributed by atoms with Crippen molar-refractivity contribution in [1.82, 2.24) is 5.32 Å². The van der Waals surface area contributed by atoms with E-state index in [0.29, 0.717) is 5.56 Å². The van der Waals surface area contributed by atoms with Crippen LogP contribution in [-0.2, 0) is 0 Å². The third kappa shape index (κ3) is 2.05. The number of hydrogen-bond donors (Lipinski definition) is 1. The Morgan fingerprint density at radius 1 is 1.57 bits per heavy atom. The Balaban J connectivity index is 3.12. The van der Waals surface area contributed by atoms with E-state index in [9.17, 15) is 14.5 Å². The van der Waals surface area contributed by atoms with Crippen molar-refractivity contribution in [3.05, 3.63) is 39.7 Å². The molecule has 76 valence electrons. The third-order valence-corrected chi connectivity index (χ3v) is 2.10. The van der Waals surface area contributed by atoms with Crippen LogP contribution in [0.2, 0.25) is 0 Å². The molecular formula is C9H11FN2O2. The number of hydrogen-bond acceptors (Lipinski definition) is 3. The highest BCUT2D eigenvalue weighted by Crippen LogP contribution is 2.22. The average Bonchev–Trinajstić information content (AvgIpc) is 2.17. The van der Waals surface area contributed by atoms with Gasteiger partial charge < -0.3 is 5.32 Å². The third-order valence-electron chi connectivity index (χ3n) is 2.10. The number of nitro groups is 1. The van der Waals surface area contributed by atoms with Crippen molar-refractivity contribution in [2.45, 2.75) is 13.0 Å². The lowest BCUT2D eigenvalue weighted by molar-refractivity contribution is -0.387. The van der Waals surface area contributed by atoms with Gasteiger partial charge in [-0.2, -0.15) is 4.39 Å². The number of benzene rings is 1. The van der Waals surface area contributed by atoms with Crippen molar-refractivity contribution >= 4 is 5.69 Å². The number of nitrogens with zero attached hydrogens (tertiary/aromatic N) is 1. The van der Waals surface area contributed by atoms with Crippen LogP contribution in [0.3, 0.4) is 0 Å². The largest absolute Gasteiger partial charge is 0.313 e. The molecule has 0 saturated carbocycles. The fourth-order valence-electron chi connectivity index (χ4n) is 1.11. The maximum absolute atomic E-state index is 12.9. The van der Waals surface area contributed by atoms with Crippen molar-refractivity contribution in [3.8, 4) is 0 Å². The molecule has 1 unspecified atom stereocenters. The van der Waals surface area contributed by atoms with E-state index in [1.54, 1.807) is 7.05 Å². The van der Waals surface area contributed by atoms with Crippen LogP contribution in [0, 0.1) is 15.9 Å². The maximum atomic E-state index is 12.9. The molecule has 1 N–H and O–H groups in total. The van der Waals surface area contributed by atoms with E-state index in [0.717, 1.165) is 6.07 Å². The normalized spacial score (nSPS) is 12.5. The number of rotatable bonds is 3. The molecule has 0 saturated heterocycles. The standard InChI is InChI=1S/C9H11FN2O2/c1-6(11-2)7-3-4-8(10)9(5-7)12(13)14/h3-6,11H,1-2H3. The van der Waals surface area contributed by atoms with Crippen molar-refractivity contribution in [2.24, 2.45) is 0 Å². The van der Waals surface area contributed by atoms with E-state index >= 15 is 0 Å². The summed E-state index contributed by atoms with van der Waals surface area (Å²) in [6.45, 7) is 1.84. The molecule has 0 heterocycles. The van der Waals surface area contributed by atoms with E-state index in [1.165, 1.54) is 12.1 Å². The molecule has 4 nitrogen and oxygen atoms in total. The Hall–Kier alpha value is -1.49. The van der Waals surface area contributed by atoms with E-state index in [2.05, 4.69) is 5.32 Å². The summed E-state index contributed by atoms with van der Waals surface area (Å²) in [6, 6.07) is 3.86. The second-order valence-electron chi connectivity index (χ2n) is 2.98. The van der Waals surface area contributed by atoms with Crippen LogP contribution in [0.4, 0.5) is 10.1 Å². The molecule has 0 aliphatic carbocycles. The van der Waals surface area contributed by atoms with E-state index in [4.69, 9.17) is 0 Å². The van der Waals surface area contributed by atoms with Gasteiger partial charge in [0.2, 0.25) is 5.82 Å². The molecule has 0 radical (unpaired) electrons. The average molecular weight is 198 g/mol. The Morgan fingerprint density at radius 2 is 2.21 bits per heavy atom. The first-order valence-corrected chi connectivity index (χ1v) is 4.17. The topological polar surface area (TPSA) is 55.2 Å². The van der Waals surface area contributed by atoms with Crippen LogP contribution in [0.15, 0.2) is 18.2 Å². The lowest BCUT2D eigenvalue weighted by Crippen LogP contribution is -2.12. The van der Waals surface area contributed by atoms with Gasteiger partial charge >= 0.3 is 5.69 Å². The van der Waals surface area contributed by atoms with E-state index in [-0.39, 0.29) is 6.04 Å². The van der Waals surface area contributed by atoms with Crippen molar-refractivity contribution in [3.63, 3.8) is 0 Å². The number of halogens is 1. The molecule has 0 spiro atoms. The zero-order chi connectivity index (χ0) is 10.7. The molecule has 1 aromatic rings. The summed E-state index contributed by atoms with van der Waals surface area (Å²) >= 11 is 0. The van der Waals surface area contributed by atoms with Gasteiger partial charge in [0.25, 0.3) is 0 Å². The molecule has 0 aliphatic heterocycles. The fourth-order valence-corrected chi connectivity index (χ4v) is 1.11. The van der Waals surface area contributed by atoms with Gasteiger partial charge in [0.05, 0.1) is 4.92 Å². The quantitative estimate of drug-likeness (QED) is 0.597. The molecule has 1 rings (SSSR count). The molecule has 1 atom stereocenters. The highest BCUT2D eigenvalue weighted by atomic mass is 19.1. The summed E-state index contributed by atoms with van der Waals surface area (Å²) in [5.41, 5.74) is 0.213. The van der Waals surface area contributed by atoms with Crippen molar-refractivity contribution in [1.29, 1.82) is 0 Å². The lowest BCUT2D eigenvalue weighted by Gasteiger charge is -2.09. The first kappa shape index (κ1) is 10.6. The molecular weight excluding hydrogens is 187 g/mol. The van der Waals surface area contributed by atoms with E-state index < -0.39 is 16.4 Å². The van der Waals surface area contributed by atoms with Gasteiger partial charge in [0, 0.05) is 12.1 Å². The smallest absolute Gasteiger partial charge is 0.305 e. The summed E-state index contributed by atoms with van der Waals surface area (Å²) in [4.78, 5) is 9.71. The molecule has 5 heteroatoms. The minimum Gasteiger partial charge on any atom is -0.313 e. The van der Waals surface area contributed by atoms with Gasteiger partial charge in [0.1, 0.15) is 0 Å². The summed E-state index contributed by atoms with van der Waals surface area (Å²) in [5, 5.41) is 13.4. The van der Waals surface area contributed by atoms with Crippen molar-refractivity contribution < 1.29 is 9.31 Å². The molecule has 0 aromatic heterocycles. The van der Waals surface area contributed by atoms with Crippen LogP contribution < -0.4 is 5.32 Å². The number of nitro benzene ring substituents is 1. The summed E-state index contributed by atoms with van der Waals surface area (Å²) in [6.07, 6.45) is 0. The highest BCUT2D eigenvalue weighted by molar-refractivity contribution is 5.37. The minimum atomic E-state index is -0.804. The first-order chi connectivity index (χ1) is 6.56. The molecule has 0 aliphatic rings. The van der Waals surface area contributed by atoms with Crippen LogP contribution in [0.5, 0.6) is 0 Å². The predicted molar refractivity (Wildman–Crippen MR) is 50.5 cm³/mol. The van der Waals surface area contributed by atoms with Gasteiger partial charge in [-0.15, -0.1) is 0 Å². The van der Waals surface area contributed by atoms with Crippen LogP contribution in [0.25, 0.3) is 0 Å². The molecule has 0 fully saturated rings. The maximum Gasteiger partial charge on any atom is 0.305 e. The summed E-state index contributed by atoms with van der Waals surface area (Å²) in [5.74, 6) is -0.804. The van der Waals surface area contributed by atoms with Gasteiger partial charge in [0.15, 0.2) is 0 Å². The molecule has 14 heavy (non-hydrogen) atoms. The lowest BCUT2D eigenvalue weighted by atomic mass is 10.1. The van der Waals surface area contributed by atoms with E-state index in [1.807, 2.05) is 6.92 Å². The minimum absolute atomic E-state index is 0.0331. The summed E-state index contributed by atoms with van der Waals surface area (Å²) < 4.78 is 12.9. The van der Waals surface area contributed by atoms with Gasteiger partial charge in [-0.3, -0.25) is 10.1 Å². The molecule has 0 amide bonds. The van der Waals surface area contributed by atoms with Gasteiger partial charge in [-0.25, -0.2) is 0 Å². The second-order valence-corrected chi connectivity index (χ2v) is 2.98. The highest BCUT2D eigenvalue weighted by Gasteiger charge is 2.15. The molecule has 1 aromatic carbocycles. The predicted octanol–water partition coefficient (Wildman–Crippen LogP) is 2.01. The first-order valence-electron chi connectivity index (χ1n) is 4.17. The van der Waals surface area contributed by atoms with Crippen LogP contribution >= 0.6 is 0 Å². The van der Waals surface area contributed by atoms with Crippen LogP contribution in [0.1, 0.15) is 18.5 Å². The SMILES string of the molecule is CNC(C)c1ccc(F)c([N+](=O)[O-])c1. The molecule has 0 bridgehead atoms. The fraction of sp³-hybridized carbons (Fsp3) is 0.333. The van der Waals surface area contributed by atoms with Crippen LogP contribution in [-0.4, -0.2) is 12.0 Å². The second kappa shape index (κ2) is 4.15. The van der Waals surface area contributed by atoms with Gasteiger partial charge in [-0.1, -0.05) is 6.07 Å². The Morgan fingerprint density at radius 3 is 2.71 bits per heavy atom. The Labute approximate surface area is 80.9 Å².